The predicted octanol–water partition coefficient (Wildman–Crippen LogP) is 3.54. The molecule has 0 bridgehead atoms. The maximum Gasteiger partial charge on any atom is 0.0662 e. The minimum atomic E-state index is 0.155. The van der Waals surface area contributed by atoms with Crippen LogP contribution in [0.4, 0.5) is 0 Å². The SMILES string of the molecule is C=C(NCc1ccccc1C)C1CCCC1C#N. The van der Waals surface area contributed by atoms with Gasteiger partial charge in [-0.2, -0.15) is 5.26 Å². The van der Waals surface area contributed by atoms with Crippen molar-refractivity contribution in [3.8, 4) is 6.07 Å². The summed E-state index contributed by atoms with van der Waals surface area (Å²) in [7, 11) is 0. The molecule has 2 heteroatoms. The number of hydrogen-bond acceptors (Lipinski definition) is 2. The van der Waals surface area contributed by atoms with Crippen LogP contribution in [0.25, 0.3) is 0 Å². The molecule has 1 aliphatic rings. The van der Waals surface area contributed by atoms with Crippen molar-refractivity contribution in [1.29, 1.82) is 5.26 Å². The Balaban J connectivity index is 1.93. The number of rotatable bonds is 4. The molecule has 0 aliphatic heterocycles. The van der Waals surface area contributed by atoms with Crippen molar-refractivity contribution in [2.24, 2.45) is 11.8 Å². The summed E-state index contributed by atoms with van der Waals surface area (Å²) < 4.78 is 0. The normalized spacial score (nSPS) is 22.4. The van der Waals surface area contributed by atoms with Crippen LogP contribution in [0.1, 0.15) is 30.4 Å². The van der Waals surface area contributed by atoms with Gasteiger partial charge in [-0.05, 0) is 30.9 Å². The zero-order valence-corrected chi connectivity index (χ0v) is 10.9. The van der Waals surface area contributed by atoms with Gasteiger partial charge in [0.2, 0.25) is 0 Å². The lowest BCUT2D eigenvalue weighted by Crippen LogP contribution is -2.21. The molecule has 2 atom stereocenters. The molecule has 18 heavy (non-hydrogen) atoms. The molecule has 1 fully saturated rings. The maximum atomic E-state index is 9.10. The average Bonchev–Trinajstić information content (AvgIpc) is 2.86. The summed E-state index contributed by atoms with van der Waals surface area (Å²) in [6, 6.07) is 10.8. The van der Waals surface area contributed by atoms with Gasteiger partial charge in [0.05, 0.1) is 12.0 Å². The van der Waals surface area contributed by atoms with Crippen LogP contribution in [-0.2, 0) is 6.54 Å². The largest absolute Gasteiger partial charge is 0.384 e. The van der Waals surface area contributed by atoms with E-state index in [0.29, 0.717) is 5.92 Å². The lowest BCUT2D eigenvalue weighted by molar-refractivity contribution is 0.502. The Kier molecular flexibility index (Phi) is 4.04. The van der Waals surface area contributed by atoms with E-state index < -0.39 is 0 Å². The van der Waals surface area contributed by atoms with Crippen molar-refractivity contribution < 1.29 is 0 Å². The molecule has 0 aromatic heterocycles. The van der Waals surface area contributed by atoms with Crippen molar-refractivity contribution in [3.05, 3.63) is 47.7 Å². The Labute approximate surface area is 109 Å². The van der Waals surface area contributed by atoms with Gasteiger partial charge in [-0.15, -0.1) is 0 Å². The number of allylic oxidation sites excluding steroid dienone is 1. The van der Waals surface area contributed by atoms with Crippen molar-refractivity contribution >= 4 is 0 Å². The third-order valence-corrected chi connectivity index (χ3v) is 3.90. The third-order valence-electron chi connectivity index (χ3n) is 3.90. The highest BCUT2D eigenvalue weighted by Gasteiger charge is 2.29. The summed E-state index contributed by atoms with van der Waals surface area (Å²) in [6.45, 7) is 7.04. The molecule has 0 radical (unpaired) electrons. The second kappa shape index (κ2) is 5.73. The van der Waals surface area contributed by atoms with E-state index in [0.717, 1.165) is 31.5 Å². The molecular weight excluding hydrogens is 220 g/mol. The topological polar surface area (TPSA) is 35.8 Å². The Morgan fingerprint density at radius 3 is 2.94 bits per heavy atom. The first-order valence-corrected chi connectivity index (χ1v) is 6.59. The van der Waals surface area contributed by atoms with E-state index in [2.05, 4.69) is 49.2 Å². The highest BCUT2D eigenvalue weighted by atomic mass is 14.9. The number of nitriles is 1. The second-order valence-corrected chi connectivity index (χ2v) is 5.08. The van der Waals surface area contributed by atoms with Gasteiger partial charge in [-0.3, -0.25) is 0 Å². The maximum absolute atomic E-state index is 9.10. The fourth-order valence-corrected chi connectivity index (χ4v) is 2.68. The van der Waals surface area contributed by atoms with E-state index in [-0.39, 0.29) is 5.92 Å². The van der Waals surface area contributed by atoms with Crippen LogP contribution in [0.2, 0.25) is 0 Å². The van der Waals surface area contributed by atoms with Crippen LogP contribution in [0.3, 0.4) is 0 Å². The van der Waals surface area contributed by atoms with Crippen molar-refractivity contribution in [1.82, 2.24) is 5.32 Å². The van der Waals surface area contributed by atoms with Crippen LogP contribution < -0.4 is 5.32 Å². The van der Waals surface area contributed by atoms with Gasteiger partial charge in [-0.1, -0.05) is 37.3 Å². The van der Waals surface area contributed by atoms with Crippen molar-refractivity contribution in [2.45, 2.75) is 32.7 Å². The zero-order valence-electron chi connectivity index (χ0n) is 10.9. The van der Waals surface area contributed by atoms with Gasteiger partial charge in [-0.25, -0.2) is 0 Å². The molecule has 0 heterocycles. The quantitative estimate of drug-likeness (QED) is 0.873. The first-order valence-electron chi connectivity index (χ1n) is 6.59. The second-order valence-electron chi connectivity index (χ2n) is 5.08. The molecule has 1 aromatic carbocycles. The predicted molar refractivity (Wildman–Crippen MR) is 73.6 cm³/mol. The number of nitrogens with one attached hydrogen (secondary N) is 1. The van der Waals surface area contributed by atoms with Crippen molar-refractivity contribution in [3.63, 3.8) is 0 Å². The van der Waals surface area contributed by atoms with Gasteiger partial charge in [0.1, 0.15) is 0 Å². The van der Waals surface area contributed by atoms with Gasteiger partial charge in [0, 0.05) is 18.2 Å². The zero-order chi connectivity index (χ0) is 13.0. The molecule has 0 spiro atoms. The van der Waals surface area contributed by atoms with Gasteiger partial charge < -0.3 is 5.32 Å². The highest BCUT2D eigenvalue weighted by Crippen LogP contribution is 2.34. The number of nitrogens with zero attached hydrogens (tertiary/aromatic N) is 1. The average molecular weight is 240 g/mol. The summed E-state index contributed by atoms with van der Waals surface area (Å²) in [5, 5.41) is 12.5. The van der Waals surface area contributed by atoms with Crippen LogP contribution in [0.5, 0.6) is 0 Å². The summed E-state index contributed by atoms with van der Waals surface area (Å²) in [5.74, 6) is 0.487. The van der Waals surface area contributed by atoms with E-state index in [1.807, 2.05) is 0 Å². The Morgan fingerprint density at radius 2 is 2.22 bits per heavy atom. The summed E-state index contributed by atoms with van der Waals surface area (Å²) in [6.07, 6.45) is 3.26. The van der Waals surface area contributed by atoms with E-state index in [4.69, 9.17) is 5.26 Å². The Bertz CT molecular complexity index is 470. The van der Waals surface area contributed by atoms with E-state index >= 15 is 0 Å². The minimum Gasteiger partial charge on any atom is -0.384 e. The molecule has 1 N–H and O–H groups in total. The van der Waals surface area contributed by atoms with Gasteiger partial charge >= 0.3 is 0 Å². The summed E-state index contributed by atoms with van der Waals surface area (Å²) in [4.78, 5) is 0. The molecule has 0 saturated heterocycles. The fourth-order valence-electron chi connectivity index (χ4n) is 2.68. The summed E-state index contributed by atoms with van der Waals surface area (Å²) in [5.41, 5.74) is 3.62. The van der Waals surface area contributed by atoms with Gasteiger partial charge in [0.25, 0.3) is 0 Å². The van der Waals surface area contributed by atoms with Crippen LogP contribution in [0, 0.1) is 30.1 Å². The minimum absolute atomic E-state index is 0.155. The van der Waals surface area contributed by atoms with Crippen molar-refractivity contribution in [2.75, 3.05) is 0 Å². The third kappa shape index (κ3) is 2.73. The molecule has 2 nitrogen and oxygen atoms in total. The number of benzene rings is 1. The molecule has 1 aliphatic carbocycles. The molecule has 2 rings (SSSR count). The monoisotopic (exact) mass is 240 g/mol. The van der Waals surface area contributed by atoms with E-state index in [1.165, 1.54) is 11.1 Å². The van der Waals surface area contributed by atoms with Gasteiger partial charge in [0.15, 0.2) is 0 Å². The molecule has 94 valence electrons. The van der Waals surface area contributed by atoms with Crippen LogP contribution >= 0.6 is 0 Å². The molecule has 0 amide bonds. The number of aryl methyl sites for hydroxylation is 1. The fraction of sp³-hybridized carbons (Fsp3) is 0.438. The molecule has 2 unspecified atom stereocenters. The standard InChI is InChI=1S/C16H20N2/c1-12-6-3-4-7-15(12)11-18-13(2)16-9-5-8-14(16)10-17/h3-4,6-7,14,16,18H,2,5,8-9,11H2,1H3. The molecule has 1 saturated carbocycles. The lowest BCUT2D eigenvalue weighted by Gasteiger charge is -2.19. The Hall–Kier alpha value is -1.75. The smallest absolute Gasteiger partial charge is 0.0662 e. The lowest BCUT2D eigenvalue weighted by atomic mass is 9.94. The Morgan fingerprint density at radius 1 is 1.44 bits per heavy atom. The molecule has 1 aromatic rings. The highest BCUT2D eigenvalue weighted by molar-refractivity contribution is 5.26. The first-order chi connectivity index (χ1) is 8.72. The number of hydrogen-bond donors (Lipinski definition) is 1. The van der Waals surface area contributed by atoms with E-state index in [1.54, 1.807) is 0 Å². The van der Waals surface area contributed by atoms with Crippen LogP contribution in [-0.4, -0.2) is 0 Å². The van der Waals surface area contributed by atoms with E-state index in [9.17, 15) is 0 Å². The molecular formula is C16H20N2. The summed E-state index contributed by atoms with van der Waals surface area (Å²) >= 11 is 0. The first kappa shape index (κ1) is 12.7. The van der Waals surface area contributed by atoms with Crippen LogP contribution in [0.15, 0.2) is 36.5 Å².